The molecule has 2 aliphatic heterocycles. The first-order chi connectivity index (χ1) is 15.4. The van der Waals surface area contributed by atoms with Gasteiger partial charge in [0.15, 0.2) is 5.82 Å². The maximum absolute atomic E-state index is 5.76. The number of aromatic nitrogens is 4. The third-order valence-electron chi connectivity index (χ3n) is 6.37. The molecule has 1 unspecified atom stereocenters. The lowest BCUT2D eigenvalue weighted by Gasteiger charge is -2.39. The summed E-state index contributed by atoms with van der Waals surface area (Å²) in [5.74, 6) is 0.937. The lowest BCUT2D eigenvalue weighted by atomic mass is 9.96. The van der Waals surface area contributed by atoms with Crippen molar-refractivity contribution in [1.82, 2.24) is 30.0 Å². The van der Waals surface area contributed by atoms with Crippen LogP contribution in [0.4, 0.5) is 0 Å². The third kappa shape index (κ3) is 4.84. The molecule has 2 fully saturated rings. The normalized spacial score (nSPS) is 20.5. The first kappa shape index (κ1) is 20.3. The Morgan fingerprint density at radius 1 is 0.903 bits per heavy atom. The molecule has 5 rings (SSSR count). The van der Waals surface area contributed by atoms with Crippen LogP contribution in [0.2, 0.25) is 0 Å². The molecule has 0 N–H and O–H groups in total. The number of hydrogen-bond donors (Lipinski definition) is 0. The van der Waals surface area contributed by atoms with Gasteiger partial charge in [-0.3, -0.25) is 9.80 Å². The molecule has 0 spiro atoms. The van der Waals surface area contributed by atoms with Crippen LogP contribution in [-0.2, 0) is 17.8 Å². The van der Waals surface area contributed by atoms with Gasteiger partial charge in [0, 0.05) is 32.8 Å². The van der Waals surface area contributed by atoms with Crippen LogP contribution in [0.1, 0.15) is 35.8 Å². The Bertz CT molecular complexity index is 893. The van der Waals surface area contributed by atoms with Crippen LogP contribution in [0.5, 0.6) is 0 Å². The molecule has 0 bridgehead atoms. The molecule has 1 aromatic heterocycles. The van der Waals surface area contributed by atoms with E-state index in [4.69, 9.17) is 4.74 Å². The van der Waals surface area contributed by atoms with Gasteiger partial charge in [-0.25, -0.2) is 4.68 Å². The van der Waals surface area contributed by atoms with E-state index in [9.17, 15) is 0 Å². The lowest BCUT2D eigenvalue weighted by Crippen LogP contribution is -2.47. The summed E-state index contributed by atoms with van der Waals surface area (Å²) < 4.78 is 7.69. The zero-order valence-corrected chi connectivity index (χ0v) is 17.9. The molecule has 0 amide bonds. The summed E-state index contributed by atoms with van der Waals surface area (Å²) in [6, 6.07) is 22.0. The number of hydrogen-bond acceptors (Lipinski definition) is 6. The maximum Gasteiger partial charge on any atom is 0.165 e. The summed E-state index contributed by atoms with van der Waals surface area (Å²) in [6.45, 7) is 6.44. The van der Waals surface area contributed by atoms with Crippen LogP contribution in [0.25, 0.3) is 0 Å². The van der Waals surface area contributed by atoms with E-state index in [1.165, 1.54) is 11.1 Å². The molecule has 162 valence electrons. The largest absolute Gasteiger partial charge is 0.376 e. The van der Waals surface area contributed by atoms with Gasteiger partial charge < -0.3 is 4.74 Å². The third-order valence-corrected chi connectivity index (χ3v) is 6.37. The van der Waals surface area contributed by atoms with Gasteiger partial charge in [-0.2, -0.15) is 0 Å². The Kier molecular flexibility index (Phi) is 6.34. The molecule has 31 heavy (non-hydrogen) atoms. The minimum Gasteiger partial charge on any atom is -0.376 e. The second-order valence-electron chi connectivity index (χ2n) is 8.45. The monoisotopic (exact) mass is 418 g/mol. The molecule has 0 saturated carbocycles. The molecule has 0 radical (unpaired) electrons. The van der Waals surface area contributed by atoms with E-state index in [2.05, 4.69) is 86.0 Å². The van der Waals surface area contributed by atoms with Gasteiger partial charge in [0.05, 0.1) is 25.2 Å². The van der Waals surface area contributed by atoms with Gasteiger partial charge in [0.25, 0.3) is 0 Å². The average Bonchev–Trinajstić information content (AvgIpc) is 3.49. The Morgan fingerprint density at radius 2 is 1.58 bits per heavy atom. The number of piperazine rings is 1. The summed E-state index contributed by atoms with van der Waals surface area (Å²) in [7, 11) is 0. The molecule has 2 saturated heterocycles. The second-order valence-corrected chi connectivity index (χ2v) is 8.45. The summed E-state index contributed by atoms with van der Waals surface area (Å²) in [5.41, 5.74) is 2.70. The Labute approximate surface area is 183 Å². The van der Waals surface area contributed by atoms with Gasteiger partial charge in [-0.1, -0.05) is 60.7 Å². The topological polar surface area (TPSA) is 59.3 Å². The Hall–Kier alpha value is -2.61. The summed E-state index contributed by atoms with van der Waals surface area (Å²) in [4.78, 5) is 5.05. The molecule has 2 aromatic carbocycles. The van der Waals surface area contributed by atoms with Crippen molar-refractivity contribution >= 4 is 0 Å². The number of benzene rings is 2. The van der Waals surface area contributed by atoms with E-state index in [-0.39, 0.29) is 12.1 Å². The van der Waals surface area contributed by atoms with Crippen molar-refractivity contribution in [3.05, 3.63) is 77.6 Å². The van der Waals surface area contributed by atoms with Crippen molar-refractivity contribution in [2.75, 3.05) is 32.8 Å². The lowest BCUT2D eigenvalue weighted by molar-refractivity contribution is 0.0868. The van der Waals surface area contributed by atoms with E-state index >= 15 is 0 Å². The minimum absolute atomic E-state index is 0.247. The van der Waals surface area contributed by atoms with Gasteiger partial charge >= 0.3 is 0 Å². The van der Waals surface area contributed by atoms with E-state index in [0.717, 1.165) is 64.5 Å². The van der Waals surface area contributed by atoms with E-state index in [1.54, 1.807) is 0 Å². The second kappa shape index (κ2) is 9.68. The fourth-order valence-electron chi connectivity index (χ4n) is 4.72. The maximum atomic E-state index is 5.76. The highest BCUT2D eigenvalue weighted by Crippen LogP contribution is 2.29. The van der Waals surface area contributed by atoms with Crippen LogP contribution in [0.15, 0.2) is 60.7 Å². The highest BCUT2D eigenvalue weighted by Gasteiger charge is 2.27. The van der Waals surface area contributed by atoms with Crippen LogP contribution in [0.3, 0.4) is 0 Å². The van der Waals surface area contributed by atoms with Crippen LogP contribution >= 0.6 is 0 Å². The van der Waals surface area contributed by atoms with Crippen molar-refractivity contribution < 1.29 is 4.74 Å². The molecular weight excluding hydrogens is 388 g/mol. The van der Waals surface area contributed by atoms with Crippen molar-refractivity contribution in [3.63, 3.8) is 0 Å². The predicted octanol–water partition coefficient (Wildman–Crippen LogP) is 2.76. The quantitative estimate of drug-likeness (QED) is 0.588. The summed E-state index contributed by atoms with van der Waals surface area (Å²) >= 11 is 0. The Morgan fingerprint density at radius 3 is 2.19 bits per heavy atom. The molecule has 0 aliphatic carbocycles. The number of tetrazole rings is 1. The number of rotatable bonds is 7. The number of ether oxygens (including phenoxy) is 1. The van der Waals surface area contributed by atoms with E-state index in [0.29, 0.717) is 0 Å². The SMILES string of the molecule is c1ccc(C(c2ccccc2)N2CCN(Cc3nnnn3CC3CCCO3)CC2)cc1. The first-order valence-electron chi connectivity index (χ1n) is 11.3. The van der Waals surface area contributed by atoms with Crippen LogP contribution in [0, 0.1) is 0 Å². The van der Waals surface area contributed by atoms with Crippen molar-refractivity contribution in [2.45, 2.75) is 38.1 Å². The van der Waals surface area contributed by atoms with Crippen LogP contribution < -0.4 is 0 Å². The van der Waals surface area contributed by atoms with Gasteiger partial charge in [0.1, 0.15) is 0 Å². The fraction of sp³-hybridized carbons (Fsp3) is 0.458. The van der Waals surface area contributed by atoms with Gasteiger partial charge in [-0.15, -0.1) is 5.10 Å². The van der Waals surface area contributed by atoms with E-state index in [1.807, 2.05) is 4.68 Å². The standard InChI is InChI=1S/C24H30N6O/c1-3-8-20(9-4-1)24(21-10-5-2-6-11-21)29-15-13-28(14-16-29)19-23-25-26-27-30(23)18-22-12-7-17-31-22/h1-6,8-11,22,24H,7,12-19H2. The highest BCUT2D eigenvalue weighted by atomic mass is 16.5. The highest BCUT2D eigenvalue weighted by molar-refractivity contribution is 5.31. The molecule has 7 heteroatoms. The number of nitrogens with zero attached hydrogens (tertiary/aromatic N) is 6. The smallest absolute Gasteiger partial charge is 0.165 e. The molecular formula is C24H30N6O. The zero-order chi connectivity index (χ0) is 20.9. The molecule has 1 atom stereocenters. The molecule has 7 nitrogen and oxygen atoms in total. The molecule has 3 aromatic rings. The summed E-state index contributed by atoms with van der Waals surface area (Å²) in [6.07, 6.45) is 2.48. The first-order valence-corrected chi connectivity index (χ1v) is 11.3. The van der Waals surface area contributed by atoms with Gasteiger partial charge in [-0.05, 0) is 34.4 Å². The average molecular weight is 419 g/mol. The molecule has 2 aliphatic rings. The van der Waals surface area contributed by atoms with Gasteiger partial charge in [0.2, 0.25) is 0 Å². The fourth-order valence-corrected chi connectivity index (χ4v) is 4.72. The van der Waals surface area contributed by atoms with Crippen molar-refractivity contribution in [3.8, 4) is 0 Å². The van der Waals surface area contributed by atoms with Crippen molar-refractivity contribution in [2.24, 2.45) is 0 Å². The van der Waals surface area contributed by atoms with E-state index < -0.39 is 0 Å². The predicted molar refractivity (Wildman–Crippen MR) is 118 cm³/mol. The molecule has 3 heterocycles. The summed E-state index contributed by atoms with van der Waals surface area (Å²) in [5, 5.41) is 12.4. The minimum atomic E-state index is 0.247. The van der Waals surface area contributed by atoms with Crippen molar-refractivity contribution in [1.29, 1.82) is 0 Å². The Balaban J connectivity index is 1.24. The zero-order valence-electron chi connectivity index (χ0n) is 17.9. The van der Waals surface area contributed by atoms with Crippen LogP contribution in [-0.4, -0.2) is 68.9 Å².